The predicted octanol–water partition coefficient (Wildman–Crippen LogP) is -3.71. The largest absolute Gasteiger partial charge is 0.508 e. The number of amides is 12. The fraction of sp³-hybridized carbons (Fsp3) is 0.500. The van der Waals surface area contributed by atoms with Crippen LogP contribution in [0.2, 0.25) is 0 Å². The molecule has 0 aliphatic rings. The zero-order chi connectivity index (χ0) is 72.1. The first-order valence-corrected chi connectivity index (χ1v) is 31.1. The number of nitrogens with two attached hydrogens (primary N) is 2. The van der Waals surface area contributed by atoms with Crippen LogP contribution in [0.5, 0.6) is 5.75 Å². The Balaban J connectivity index is 1.89. The molecule has 32 heteroatoms. The first kappa shape index (κ1) is 80.2. The van der Waals surface area contributed by atoms with E-state index in [0.717, 1.165) is 13.8 Å². The Morgan fingerprint density at radius 1 is 0.427 bits per heavy atom. The average Bonchev–Trinajstić information content (AvgIpc) is 0.879. The highest BCUT2D eigenvalue weighted by Gasteiger charge is 2.38. The third-order valence-corrected chi connectivity index (χ3v) is 15.0. The lowest BCUT2D eigenvalue weighted by atomic mass is 9.97. The molecule has 0 aliphatic heterocycles. The van der Waals surface area contributed by atoms with Gasteiger partial charge in [0.15, 0.2) is 0 Å². The Labute approximate surface area is 554 Å². The molecule has 0 saturated heterocycles. The van der Waals surface area contributed by atoms with Crippen molar-refractivity contribution in [1.82, 2.24) is 58.5 Å². The number of primary amides is 1. The van der Waals surface area contributed by atoms with Gasteiger partial charge in [-0.15, -0.1) is 0 Å². The molecule has 12 amide bonds. The van der Waals surface area contributed by atoms with Gasteiger partial charge in [0, 0.05) is 19.3 Å². The van der Waals surface area contributed by atoms with Crippen LogP contribution in [0.25, 0.3) is 0 Å². The molecule has 13 atom stereocenters. The summed E-state index contributed by atoms with van der Waals surface area (Å²) in [5.41, 5.74) is 12.5. The number of hydrogen-bond acceptors (Lipinski definition) is 18. The SMILES string of the molecule is CC[C@H](C)[C@H](NC(=O)[C@H](Cc1ccccc1)NC(=O)[C@@H](NC(=O)[C@H](CC(=O)O)NC(=O)[C@@H](NC(=O)[C@@H](N)CC(C)C)[C@@H](C)O)[C@@H](C)O)C(=O)NCC(=O)N[C@@H](Cc1ccc(O)cc1)C(=O)N[C@@H](Cc1ccccc1)C(=O)N[C@H](C(=O)NCC(=O)N[C@@H](CC(N)=O)C(=O)O)C(C)C. The molecule has 0 aromatic heterocycles. The zero-order valence-corrected chi connectivity index (χ0v) is 54.7. The third kappa shape index (κ3) is 27.9. The Hall–Kier alpha value is -10.1. The number of hydrogen-bond donors (Lipinski definition) is 18. The fourth-order valence-electron chi connectivity index (χ4n) is 9.51. The van der Waals surface area contributed by atoms with Gasteiger partial charge < -0.3 is 95.5 Å². The summed E-state index contributed by atoms with van der Waals surface area (Å²) in [4.78, 5) is 187. The molecule has 0 aliphatic carbocycles. The van der Waals surface area contributed by atoms with Crippen molar-refractivity contribution < 1.29 is 92.7 Å². The van der Waals surface area contributed by atoms with E-state index < -0.39 is 193 Å². The summed E-state index contributed by atoms with van der Waals surface area (Å²) in [5, 5.41) is 76.9. The summed E-state index contributed by atoms with van der Waals surface area (Å²) in [6, 6.07) is 6.34. The first-order valence-electron chi connectivity index (χ1n) is 31.1. The third-order valence-electron chi connectivity index (χ3n) is 15.0. The Morgan fingerprint density at radius 3 is 1.22 bits per heavy atom. The number of aliphatic carboxylic acids is 2. The van der Waals surface area contributed by atoms with Crippen molar-refractivity contribution in [2.75, 3.05) is 13.1 Å². The highest BCUT2D eigenvalue weighted by atomic mass is 16.4. The Bertz CT molecular complexity index is 3170. The number of carboxylic acids is 2. The predicted molar refractivity (Wildman–Crippen MR) is 344 cm³/mol. The number of phenolic OH excluding ortho intramolecular Hbond substituents is 1. The maximum atomic E-state index is 14.5. The first-order chi connectivity index (χ1) is 45.1. The summed E-state index contributed by atoms with van der Waals surface area (Å²) >= 11 is 0. The number of aliphatic hydroxyl groups excluding tert-OH is 2. The average molecular weight is 1350 g/mol. The second kappa shape index (κ2) is 39.6. The van der Waals surface area contributed by atoms with E-state index in [1.165, 1.54) is 24.3 Å². The molecule has 32 nitrogen and oxygen atoms in total. The normalized spacial score (nSPS) is 15.2. The molecule has 3 rings (SSSR count). The summed E-state index contributed by atoms with van der Waals surface area (Å²) in [6.07, 6.45) is -5.39. The van der Waals surface area contributed by atoms with Gasteiger partial charge in [0.05, 0.1) is 44.2 Å². The minimum atomic E-state index is -1.97. The summed E-state index contributed by atoms with van der Waals surface area (Å²) in [5.74, 6) is -16.7. The second-order valence-corrected chi connectivity index (χ2v) is 24.0. The topological polar surface area (TPSA) is 524 Å². The van der Waals surface area contributed by atoms with Crippen molar-refractivity contribution in [2.24, 2.45) is 29.2 Å². The maximum absolute atomic E-state index is 14.5. The van der Waals surface area contributed by atoms with Crippen LogP contribution in [0.4, 0.5) is 0 Å². The van der Waals surface area contributed by atoms with Crippen molar-refractivity contribution in [3.8, 4) is 5.75 Å². The van der Waals surface area contributed by atoms with Crippen LogP contribution >= 0.6 is 0 Å². The molecular formula is C64H91N13O19. The molecule has 0 radical (unpaired) electrons. The standard InChI is InChI=1S/C64H91N13O19/c1-9-34(6)52(75-58(89)44(26-38-18-14-11-15-19-38)72-63(94)54(36(8)79)77-59(90)45(29-50(84)85)73-62(93)53(35(7)78)76-55(86)41(65)24-32(2)3)61(92)68-30-48(82)69-42(27-39-20-22-40(80)23-21-39)56(87)71-43(25-37-16-12-10-13-17-37)57(88)74-51(33(4)5)60(91)67-31-49(83)70-46(64(95)96)28-47(66)81/h10-23,32-36,41-46,51-54,78-80H,9,24-31,65H2,1-8H3,(H2,66,81)(H,67,91)(H,68,92)(H,69,82)(H,70,83)(H,71,87)(H,72,94)(H,73,93)(H,74,88)(H,75,89)(H,76,86)(H,77,90)(H,84,85)(H,95,96)/t34-,35+,36+,41-,42-,43-,44-,45-,46-,51-,52-,53-,54-/m0/s1. The van der Waals surface area contributed by atoms with Gasteiger partial charge in [-0.2, -0.15) is 0 Å². The smallest absolute Gasteiger partial charge is 0.326 e. The molecule has 0 fully saturated rings. The monoisotopic (exact) mass is 1350 g/mol. The number of aromatic hydroxyl groups is 1. The van der Waals surface area contributed by atoms with Crippen molar-refractivity contribution in [2.45, 2.75) is 173 Å². The quantitative estimate of drug-likeness (QED) is 0.0260. The molecule has 0 bridgehead atoms. The minimum Gasteiger partial charge on any atom is -0.508 e. The van der Waals surface area contributed by atoms with Crippen molar-refractivity contribution in [1.29, 1.82) is 0 Å². The van der Waals surface area contributed by atoms with E-state index in [1.54, 1.807) is 102 Å². The van der Waals surface area contributed by atoms with Crippen molar-refractivity contribution in [3.63, 3.8) is 0 Å². The van der Waals surface area contributed by atoms with Gasteiger partial charge in [0.2, 0.25) is 70.9 Å². The van der Waals surface area contributed by atoms with E-state index in [0.29, 0.717) is 16.7 Å². The van der Waals surface area contributed by atoms with Gasteiger partial charge >= 0.3 is 11.9 Å². The zero-order valence-electron chi connectivity index (χ0n) is 54.7. The van der Waals surface area contributed by atoms with Crippen LogP contribution < -0.4 is 70.0 Å². The number of carbonyl (C=O) groups is 14. The number of benzene rings is 3. The lowest BCUT2D eigenvalue weighted by Gasteiger charge is -2.29. The highest BCUT2D eigenvalue weighted by Crippen LogP contribution is 2.15. The molecule has 3 aromatic rings. The number of aliphatic hydroxyl groups is 2. The van der Waals surface area contributed by atoms with Crippen LogP contribution in [-0.2, 0) is 86.4 Å². The summed E-state index contributed by atoms with van der Waals surface area (Å²) in [6.45, 7) is 10.7. The lowest BCUT2D eigenvalue weighted by Crippen LogP contribution is -2.63. The van der Waals surface area contributed by atoms with Crippen LogP contribution in [0.15, 0.2) is 84.9 Å². The number of carboxylic acid groups (broad SMARTS) is 2. The van der Waals surface area contributed by atoms with E-state index >= 15 is 0 Å². The summed E-state index contributed by atoms with van der Waals surface area (Å²) < 4.78 is 0. The molecule has 0 heterocycles. The van der Waals surface area contributed by atoms with Gasteiger partial charge in [-0.3, -0.25) is 62.3 Å². The maximum Gasteiger partial charge on any atom is 0.326 e. The molecular weight excluding hydrogens is 1250 g/mol. The number of nitrogens with one attached hydrogen (secondary N) is 11. The second-order valence-electron chi connectivity index (χ2n) is 24.0. The molecule has 0 saturated carbocycles. The molecule has 20 N–H and O–H groups in total. The van der Waals surface area contributed by atoms with Gasteiger partial charge in [-0.1, -0.05) is 121 Å². The van der Waals surface area contributed by atoms with Crippen LogP contribution in [0.1, 0.15) is 97.8 Å². The molecule has 96 heavy (non-hydrogen) atoms. The fourth-order valence-corrected chi connectivity index (χ4v) is 9.51. The lowest BCUT2D eigenvalue weighted by molar-refractivity contribution is -0.143. The van der Waals surface area contributed by atoms with Gasteiger partial charge in [0.1, 0.15) is 60.1 Å². The van der Waals surface area contributed by atoms with E-state index in [4.69, 9.17) is 11.5 Å². The van der Waals surface area contributed by atoms with Crippen LogP contribution in [-0.4, -0.2) is 194 Å². The summed E-state index contributed by atoms with van der Waals surface area (Å²) in [7, 11) is 0. The van der Waals surface area contributed by atoms with Crippen LogP contribution in [0, 0.1) is 17.8 Å². The van der Waals surface area contributed by atoms with Gasteiger partial charge in [-0.25, -0.2) is 4.79 Å². The van der Waals surface area contributed by atoms with E-state index in [2.05, 4.69) is 58.5 Å². The van der Waals surface area contributed by atoms with E-state index in [9.17, 15) is 92.7 Å². The number of phenols is 1. The molecule has 0 spiro atoms. The van der Waals surface area contributed by atoms with Crippen LogP contribution in [0.3, 0.4) is 0 Å². The number of carbonyl (C=O) groups excluding carboxylic acids is 12. The van der Waals surface area contributed by atoms with E-state index in [-0.39, 0.29) is 43.8 Å². The molecule has 0 unspecified atom stereocenters. The molecule has 526 valence electrons. The number of rotatable bonds is 40. The van der Waals surface area contributed by atoms with Gasteiger partial charge in [-0.05, 0) is 66.8 Å². The van der Waals surface area contributed by atoms with Crippen molar-refractivity contribution >= 4 is 82.8 Å². The highest BCUT2D eigenvalue weighted by molar-refractivity contribution is 6.00. The van der Waals surface area contributed by atoms with Crippen molar-refractivity contribution in [3.05, 3.63) is 102 Å². The molecule has 3 aromatic carbocycles. The minimum absolute atomic E-state index is 0.0320. The van der Waals surface area contributed by atoms with Gasteiger partial charge in [0.25, 0.3) is 0 Å². The Kier molecular flexibility index (Phi) is 33.0. The van der Waals surface area contributed by atoms with E-state index in [1.807, 2.05) is 0 Å². The Morgan fingerprint density at radius 2 is 0.802 bits per heavy atom.